The topological polar surface area (TPSA) is 44.5 Å². The summed E-state index contributed by atoms with van der Waals surface area (Å²) in [4.78, 5) is 0. The van der Waals surface area contributed by atoms with Gasteiger partial charge in [0.15, 0.2) is 0 Å². The van der Waals surface area contributed by atoms with Crippen LogP contribution < -0.4 is 5.73 Å². The first-order chi connectivity index (χ1) is 7.78. The van der Waals surface area contributed by atoms with Gasteiger partial charge in [0.05, 0.1) is 6.61 Å². The van der Waals surface area contributed by atoms with Crippen molar-refractivity contribution < 1.29 is 9.47 Å². The third-order valence-corrected chi connectivity index (χ3v) is 3.40. The SMILES string of the molecule is COCC1(c2ccccc2N)CCOCC1. The summed E-state index contributed by atoms with van der Waals surface area (Å²) in [6.07, 6.45) is 1.96. The van der Waals surface area contributed by atoms with Crippen LogP contribution in [-0.4, -0.2) is 26.9 Å². The quantitative estimate of drug-likeness (QED) is 0.794. The largest absolute Gasteiger partial charge is 0.398 e. The van der Waals surface area contributed by atoms with Crippen molar-refractivity contribution in [3.05, 3.63) is 29.8 Å². The molecule has 0 bridgehead atoms. The summed E-state index contributed by atoms with van der Waals surface area (Å²) in [7, 11) is 1.75. The second-order valence-electron chi connectivity index (χ2n) is 4.41. The molecule has 1 saturated heterocycles. The first kappa shape index (κ1) is 11.4. The van der Waals surface area contributed by atoms with Gasteiger partial charge in [-0.3, -0.25) is 0 Å². The fourth-order valence-corrected chi connectivity index (χ4v) is 2.51. The number of nitrogens with two attached hydrogens (primary N) is 1. The molecule has 0 unspecified atom stereocenters. The van der Waals surface area contributed by atoms with Crippen molar-refractivity contribution in [3.8, 4) is 0 Å². The molecule has 0 aliphatic carbocycles. The number of hydrogen-bond donors (Lipinski definition) is 1. The first-order valence-corrected chi connectivity index (χ1v) is 5.70. The van der Waals surface area contributed by atoms with E-state index in [2.05, 4.69) is 6.07 Å². The fourth-order valence-electron chi connectivity index (χ4n) is 2.51. The van der Waals surface area contributed by atoms with E-state index in [1.807, 2.05) is 18.2 Å². The Hall–Kier alpha value is -1.06. The van der Waals surface area contributed by atoms with E-state index in [9.17, 15) is 0 Å². The summed E-state index contributed by atoms with van der Waals surface area (Å²) in [5, 5.41) is 0. The zero-order valence-corrected chi connectivity index (χ0v) is 9.74. The van der Waals surface area contributed by atoms with Crippen molar-refractivity contribution in [3.63, 3.8) is 0 Å². The zero-order valence-electron chi connectivity index (χ0n) is 9.74. The number of methoxy groups -OCH3 is 1. The third-order valence-electron chi connectivity index (χ3n) is 3.40. The van der Waals surface area contributed by atoms with Crippen LogP contribution in [0.15, 0.2) is 24.3 Å². The molecule has 1 aliphatic heterocycles. The highest BCUT2D eigenvalue weighted by atomic mass is 16.5. The van der Waals surface area contributed by atoms with Crippen LogP contribution in [-0.2, 0) is 14.9 Å². The highest BCUT2D eigenvalue weighted by Gasteiger charge is 2.35. The van der Waals surface area contributed by atoms with Gasteiger partial charge in [-0.15, -0.1) is 0 Å². The molecule has 0 atom stereocenters. The van der Waals surface area contributed by atoms with Gasteiger partial charge in [-0.25, -0.2) is 0 Å². The van der Waals surface area contributed by atoms with Gasteiger partial charge in [-0.2, -0.15) is 0 Å². The van der Waals surface area contributed by atoms with Crippen molar-refractivity contribution in [1.82, 2.24) is 0 Å². The van der Waals surface area contributed by atoms with Gasteiger partial charge in [-0.1, -0.05) is 18.2 Å². The Kier molecular flexibility index (Phi) is 3.46. The van der Waals surface area contributed by atoms with Gasteiger partial charge >= 0.3 is 0 Å². The van der Waals surface area contributed by atoms with Gasteiger partial charge in [0, 0.05) is 31.4 Å². The lowest BCUT2D eigenvalue weighted by molar-refractivity contribution is 0.0139. The van der Waals surface area contributed by atoms with Crippen molar-refractivity contribution in [2.24, 2.45) is 0 Å². The Morgan fingerprint density at radius 2 is 2.00 bits per heavy atom. The van der Waals surface area contributed by atoms with E-state index in [-0.39, 0.29) is 5.41 Å². The van der Waals surface area contributed by atoms with Crippen LogP contribution in [0.5, 0.6) is 0 Å². The van der Waals surface area contributed by atoms with Crippen LogP contribution in [0.1, 0.15) is 18.4 Å². The number of nitrogen functional groups attached to an aromatic ring is 1. The lowest BCUT2D eigenvalue weighted by Crippen LogP contribution is -2.38. The molecule has 1 aliphatic rings. The standard InChI is InChI=1S/C13H19NO2/c1-15-10-13(6-8-16-9-7-13)11-4-2-3-5-12(11)14/h2-5H,6-10,14H2,1H3. The smallest absolute Gasteiger partial charge is 0.0561 e. The van der Waals surface area contributed by atoms with E-state index >= 15 is 0 Å². The van der Waals surface area contributed by atoms with Crippen LogP contribution in [0.4, 0.5) is 5.69 Å². The minimum Gasteiger partial charge on any atom is -0.398 e. The van der Waals surface area contributed by atoms with Gasteiger partial charge in [0.2, 0.25) is 0 Å². The predicted octanol–water partition coefficient (Wildman–Crippen LogP) is 1.96. The highest BCUT2D eigenvalue weighted by Crippen LogP contribution is 2.37. The van der Waals surface area contributed by atoms with Crippen LogP contribution in [0, 0.1) is 0 Å². The Labute approximate surface area is 96.5 Å². The number of anilines is 1. The summed E-state index contributed by atoms with van der Waals surface area (Å²) in [6, 6.07) is 8.08. The average Bonchev–Trinajstić information content (AvgIpc) is 2.31. The number of hydrogen-bond acceptors (Lipinski definition) is 3. The molecule has 0 radical (unpaired) electrons. The van der Waals surface area contributed by atoms with Crippen LogP contribution >= 0.6 is 0 Å². The first-order valence-electron chi connectivity index (χ1n) is 5.70. The van der Waals surface area contributed by atoms with Crippen molar-refractivity contribution >= 4 is 5.69 Å². The Bertz CT molecular complexity index is 340. The summed E-state index contributed by atoms with van der Waals surface area (Å²) in [6.45, 7) is 2.29. The molecule has 1 aromatic rings. The van der Waals surface area contributed by atoms with Crippen molar-refractivity contribution in [2.75, 3.05) is 32.7 Å². The van der Waals surface area contributed by atoms with E-state index in [1.165, 1.54) is 5.56 Å². The number of rotatable bonds is 3. The van der Waals surface area contributed by atoms with Crippen molar-refractivity contribution in [1.29, 1.82) is 0 Å². The number of ether oxygens (including phenoxy) is 2. The summed E-state index contributed by atoms with van der Waals surface area (Å²) >= 11 is 0. The second kappa shape index (κ2) is 4.85. The summed E-state index contributed by atoms with van der Waals surface area (Å²) in [5.74, 6) is 0. The minimum atomic E-state index is 0.0400. The molecule has 2 rings (SSSR count). The molecule has 16 heavy (non-hydrogen) atoms. The normalized spacial score (nSPS) is 19.6. The van der Waals surface area contributed by atoms with Crippen LogP contribution in [0.25, 0.3) is 0 Å². The van der Waals surface area contributed by atoms with E-state index in [1.54, 1.807) is 7.11 Å². The molecule has 0 saturated carbocycles. The van der Waals surface area contributed by atoms with E-state index < -0.39 is 0 Å². The zero-order chi connectivity index (χ0) is 11.4. The molecule has 1 aromatic carbocycles. The molecular weight excluding hydrogens is 202 g/mol. The molecule has 3 heteroatoms. The van der Waals surface area contributed by atoms with Crippen LogP contribution in [0.3, 0.4) is 0 Å². The summed E-state index contributed by atoms with van der Waals surface area (Å²) in [5.41, 5.74) is 8.18. The fraction of sp³-hybridized carbons (Fsp3) is 0.538. The van der Waals surface area contributed by atoms with Crippen molar-refractivity contribution in [2.45, 2.75) is 18.3 Å². The highest BCUT2D eigenvalue weighted by molar-refractivity contribution is 5.51. The second-order valence-corrected chi connectivity index (χ2v) is 4.41. The average molecular weight is 221 g/mol. The molecule has 1 heterocycles. The molecule has 2 N–H and O–H groups in total. The minimum absolute atomic E-state index is 0.0400. The van der Waals surface area contributed by atoms with E-state index in [0.29, 0.717) is 6.61 Å². The Morgan fingerprint density at radius 1 is 1.31 bits per heavy atom. The molecule has 0 aromatic heterocycles. The maximum Gasteiger partial charge on any atom is 0.0561 e. The number of benzene rings is 1. The lowest BCUT2D eigenvalue weighted by atomic mass is 9.74. The van der Waals surface area contributed by atoms with E-state index in [0.717, 1.165) is 31.7 Å². The Balaban J connectivity index is 2.34. The third kappa shape index (κ3) is 2.06. The Morgan fingerprint density at radius 3 is 2.62 bits per heavy atom. The molecule has 3 nitrogen and oxygen atoms in total. The maximum absolute atomic E-state index is 6.07. The molecule has 1 fully saturated rings. The number of para-hydroxylation sites is 1. The monoisotopic (exact) mass is 221 g/mol. The van der Waals surface area contributed by atoms with Crippen LogP contribution in [0.2, 0.25) is 0 Å². The maximum atomic E-state index is 6.07. The molecule has 88 valence electrons. The molecule has 0 amide bonds. The van der Waals surface area contributed by atoms with E-state index in [4.69, 9.17) is 15.2 Å². The lowest BCUT2D eigenvalue weighted by Gasteiger charge is -2.37. The van der Waals surface area contributed by atoms with Gasteiger partial charge in [0.1, 0.15) is 0 Å². The van der Waals surface area contributed by atoms with Gasteiger partial charge in [0.25, 0.3) is 0 Å². The molecule has 0 spiro atoms. The van der Waals surface area contributed by atoms with Gasteiger partial charge < -0.3 is 15.2 Å². The molecular formula is C13H19NO2. The van der Waals surface area contributed by atoms with Gasteiger partial charge in [-0.05, 0) is 24.5 Å². The summed E-state index contributed by atoms with van der Waals surface area (Å²) < 4.78 is 10.8. The predicted molar refractivity (Wildman–Crippen MR) is 64.5 cm³/mol.